The lowest BCUT2D eigenvalue weighted by atomic mass is 10.4. The molecule has 0 amide bonds. The first-order valence-corrected chi connectivity index (χ1v) is 8.64. The van der Waals surface area contributed by atoms with Gasteiger partial charge in [-0.1, -0.05) is 6.92 Å². The van der Waals surface area contributed by atoms with Gasteiger partial charge in [-0.3, -0.25) is 0 Å². The Kier molecular flexibility index (Phi) is 13.7. The lowest BCUT2D eigenvalue weighted by Crippen LogP contribution is -2.41. The van der Waals surface area contributed by atoms with Crippen molar-refractivity contribution in [3.63, 3.8) is 0 Å². The average Bonchev–Trinajstić information content (AvgIpc) is 2.98. The van der Waals surface area contributed by atoms with Crippen molar-refractivity contribution in [3.8, 4) is 0 Å². The lowest BCUT2D eigenvalue weighted by Gasteiger charge is -2.17. The predicted molar refractivity (Wildman–Crippen MR) is 109 cm³/mol. The van der Waals surface area contributed by atoms with Crippen LogP contribution in [-0.2, 0) is 17.7 Å². The SMILES string of the molecule is CCNC(=NCc1ncc(CC)s1)NCCN(C)CCOC.I. The zero-order valence-electron chi connectivity index (χ0n) is 14.6. The third-order valence-corrected chi connectivity index (χ3v) is 4.26. The van der Waals surface area contributed by atoms with Crippen molar-refractivity contribution in [2.75, 3.05) is 46.9 Å². The lowest BCUT2D eigenvalue weighted by molar-refractivity contribution is 0.162. The molecule has 0 aromatic carbocycles. The molecule has 6 nitrogen and oxygen atoms in total. The van der Waals surface area contributed by atoms with Gasteiger partial charge in [-0.05, 0) is 20.4 Å². The Bertz CT molecular complexity index is 441. The van der Waals surface area contributed by atoms with Crippen LogP contribution in [0.3, 0.4) is 0 Å². The van der Waals surface area contributed by atoms with Crippen molar-refractivity contribution in [1.82, 2.24) is 20.5 Å². The number of thiazole rings is 1. The summed E-state index contributed by atoms with van der Waals surface area (Å²) in [6, 6.07) is 0. The first-order chi connectivity index (χ1) is 10.7. The summed E-state index contributed by atoms with van der Waals surface area (Å²) >= 11 is 1.73. The highest BCUT2D eigenvalue weighted by Crippen LogP contribution is 2.13. The average molecular weight is 455 g/mol. The molecule has 0 bridgehead atoms. The molecule has 8 heteroatoms. The Morgan fingerprint density at radius 2 is 2.13 bits per heavy atom. The Morgan fingerprint density at radius 3 is 2.74 bits per heavy atom. The van der Waals surface area contributed by atoms with Crippen LogP contribution in [0.15, 0.2) is 11.2 Å². The van der Waals surface area contributed by atoms with E-state index in [4.69, 9.17) is 4.74 Å². The van der Waals surface area contributed by atoms with Gasteiger partial charge >= 0.3 is 0 Å². The minimum Gasteiger partial charge on any atom is -0.383 e. The first kappa shape index (κ1) is 22.6. The van der Waals surface area contributed by atoms with Crippen LogP contribution in [0.4, 0.5) is 0 Å². The highest BCUT2D eigenvalue weighted by atomic mass is 127. The van der Waals surface area contributed by atoms with E-state index < -0.39 is 0 Å². The molecular formula is C15H30IN5OS. The van der Waals surface area contributed by atoms with Gasteiger partial charge in [-0.15, -0.1) is 35.3 Å². The summed E-state index contributed by atoms with van der Waals surface area (Å²) in [6.07, 6.45) is 2.98. The summed E-state index contributed by atoms with van der Waals surface area (Å²) in [5.74, 6) is 0.843. The molecule has 0 aliphatic carbocycles. The molecule has 0 saturated heterocycles. The van der Waals surface area contributed by atoms with Gasteiger partial charge in [-0.25, -0.2) is 9.98 Å². The molecule has 134 valence electrons. The molecule has 0 unspecified atom stereocenters. The fourth-order valence-corrected chi connectivity index (χ4v) is 2.58. The Balaban J connectivity index is 0.00000484. The van der Waals surface area contributed by atoms with E-state index in [1.807, 2.05) is 6.20 Å². The molecule has 1 rings (SSSR count). The Hall–Kier alpha value is -0.450. The molecule has 1 aromatic rings. The highest BCUT2D eigenvalue weighted by molar-refractivity contribution is 14.0. The van der Waals surface area contributed by atoms with E-state index in [0.717, 1.165) is 50.2 Å². The Labute approximate surface area is 161 Å². The Morgan fingerprint density at radius 1 is 1.35 bits per heavy atom. The van der Waals surface area contributed by atoms with Crippen molar-refractivity contribution < 1.29 is 4.74 Å². The molecule has 0 saturated carbocycles. The number of aliphatic imine (C=N–C) groups is 1. The standard InChI is InChI=1S/C15H29N5OS.HI/c1-5-13-11-18-14(22-13)12-19-15(16-6-2)17-7-8-20(3)9-10-21-4;/h11H,5-10,12H2,1-4H3,(H2,16,17,19);1H. The van der Waals surface area contributed by atoms with Gasteiger partial charge in [0.15, 0.2) is 5.96 Å². The van der Waals surface area contributed by atoms with Crippen LogP contribution in [0, 0.1) is 0 Å². The minimum absolute atomic E-state index is 0. The maximum Gasteiger partial charge on any atom is 0.191 e. The monoisotopic (exact) mass is 455 g/mol. The summed E-state index contributed by atoms with van der Waals surface area (Å²) in [7, 11) is 3.82. The van der Waals surface area contributed by atoms with E-state index in [2.05, 4.69) is 46.4 Å². The summed E-state index contributed by atoms with van der Waals surface area (Å²) in [5.41, 5.74) is 0. The fourth-order valence-electron chi connectivity index (χ4n) is 1.80. The van der Waals surface area contributed by atoms with Gasteiger partial charge in [0.25, 0.3) is 0 Å². The fraction of sp³-hybridized carbons (Fsp3) is 0.733. The zero-order valence-corrected chi connectivity index (χ0v) is 17.7. The molecule has 0 aliphatic rings. The van der Waals surface area contributed by atoms with E-state index in [-0.39, 0.29) is 24.0 Å². The number of guanidine groups is 1. The number of hydrogen-bond donors (Lipinski definition) is 2. The van der Waals surface area contributed by atoms with Crippen LogP contribution < -0.4 is 10.6 Å². The second kappa shape index (κ2) is 13.9. The predicted octanol–water partition coefficient (Wildman–Crippen LogP) is 1.96. The number of rotatable bonds is 10. The maximum atomic E-state index is 5.07. The van der Waals surface area contributed by atoms with Crippen LogP contribution >= 0.6 is 35.3 Å². The summed E-state index contributed by atoms with van der Waals surface area (Å²) in [4.78, 5) is 12.5. The van der Waals surface area contributed by atoms with Crippen LogP contribution in [0.1, 0.15) is 23.7 Å². The molecule has 1 heterocycles. The second-order valence-corrected chi connectivity index (χ2v) is 6.19. The van der Waals surface area contributed by atoms with Crippen molar-refractivity contribution in [2.45, 2.75) is 26.8 Å². The number of likely N-dealkylation sites (N-methyl/N-ethyl adjacent to an activating group) is 1. The zero-order chi connectivity index (χ0) is 16.2. The largest absolute Gasteiger partial charge is 0.383 e. The van der Waals surface area contributed by atoms with Crippen molar-refractivity contribution in [1.29, 1.82) is 0 Å². The quantitative estimate of drug-likeness (QED) is 0.321. The van der Waals surface area contributed by atoms with Crippen molar-refractivity contribution in [3.05, 3.63) is 16.1 Å². The first-order valence-electron chi connectivity index (χ1n) is 7.82. The molecule has 2 N–H and O–H groups in total. The maximum absolute atomic E-state index is 5.07. The van der Waals surface area contributed by atoms with Crippen LogP contribution in [-0.4, -0.2) is 62.8 Å². The van der Waals surface area contributed by atoms with Gasteiger partial charge in [0.1, 0.15) is 5.01 Å². The van der Waals surface area contributed by atoms with E-state index in [9.17, 15) is 0 Å². The van der Waals surface area contributed by atoms with Crippen LogP contribution in [0.25, 0.3) is 0 Å². The number of ether oxygens (including phenoxy) is 1. The molecule has 0 fully saturated rings. The normalized spacial score (nSPS) is 11.4. The number of aryl methyl sites for hydroxylation is 1. The van der Waals surface area contributed by atoms with Gasteiger partial charge < -0.3 is 20.3 Å². The molecule has 0 radical (unpaired) electrons. The smallest absolute Gasteiger partial charge is 0.191 e. The van der Waals surface area contributed by atoms with Crippen LogP contribution in [0.2, 0.25) is 0 Å². The number of nitrogens with zero attached hydrogens (tertiary/aromatic N) is 3. The van der Waals surface area contributed by atoms with E-state index in [1.54, 1.807) is 18.4 Å². The number of aromatic nitrogens is 1. The summed E-state index contributed by atoms with van der Waals surface area (Å²) < 4.78 is 5.07. The van der Waals surface area contributed by atoms with Crippen molar-refractivity contribution in [2.24, 2.45) is 4.99 Å². The van der Waals surface area contributed by atoms with Crippen LogP contribution in [0.5, 0.6) is 0 Å². The van der Waals surface area contributed by atoms with Gasteiger partial charge in [-0.2, -0.15) is 0 Å². The van der Waals surface area contributed by atoms with E-state index in [0.29, 0.717) is 6.54 Å². The van der Waals surface area contributed by atoms with E-state index >= 15 is 0 Å². The third kappa shape index (κ3) is 10.1. The summed E-state index contributed by atoms with van der Waals surface area (Å²) in [5, 5.41) is 7.68. The molecule has 0 spiro atoms. The number of hydrogen-bond acceptors (Lipinski definition) is 5. The number of nitrogens with one attached hydrogen (secondary N) is 2. The molecular weight excluding hydrogens is 425 g/mol. The topological polar surface area (TPSA) is 61.8 Å². The van der Waals surface area contributed by atoms with Gasteiger partial charge in [0.05, 0.1) is 13.2 Å². The highest BCUT2D eigenvalue weighted by Gasteiger charge is 2.02. The molecule has 1 aromatic heterocycles. The second-order valence-electron chi connectivity index (χ2n) is 4.99. The molecule has 0 atom stereocenters. The minimum atomic E-state index is 0. The van der Waals surface area contributed by atoms with Gasteiger partial charge in [0.2, 0.25) is 0 Å². The third-order valence-electron chi connectivity index (χ3n) is 3.13. The van der Waals surface area contributed by atoms with Gasteiger partial charge in [0, 0.05) is 44.4 Å². The molecule has 23 heavy (non-hydrogen) atoms. The number of methoxy groups -OCH3 is 1. The van der Waals surface area contributed by atoms with Crippen molar-refractivity contribution >= 4 is 41.3 Å². The summed E-state index contributed by atoms with van der Waals surface area (Å²) in [6.45, 7) is 9.18. The molecule has 0 aliphatic heterocycles. The van der Waals surface area contributed by atoms with E-state index in [1.165, 1.54) is 4.88 Å². The number of halogens is 1.